The van der Waals surface area contributed by atoms with Gasteiger partial charge in [0.2, 0.25) is 0 Å². The number of carbonyl (C=O) groups excluding carboxylic acids is 2. The van der Waals surface area contributed by atoms with Crippen LogP contribution in [0.4, 0.5) is 0 Å². The molecular weight excluding hydrogens is 691 g/mol. The average molecular weight is 775 g/mol. The minimum absolute atomic E-state index is 0.0495. The maximum Gasteiger partial charge on any atom is 0.362 e. The standard InChI is InChI=1S/C47H83NO7/c1-6-8-10-12-14-16-17-18-19-20-21-22-23-24-25-26-27-28-29-30-32-34-36-38-46(50)55-43(41-53-40-39-44(47(51)52)48(3,4)5)42-54-45(49)37-35-33-31-15-13-11-9-7-2/h8,10,14,16,18-19,31,33,43-44H,6-7,9,11-13,15,17,20-30,32,34-42H2,1-5H3/p+1/b10-8+,16-14+,19-18+,33-31+. The minimum Gasteiger partial charge on any atom is -0.477 e. The Morgan fingerprint density at radius 2 is 1.05 bits per heavy atom. The van der Waals surface area contributed by atoms with Crippen LogP contribution >= 0.6 is 0 Å². The number of carbonyl (C=O) groups is 3. The molecule has 0 aromatic heterocycles. The van der Waals surface area contributed by atoms with E-state index in [-0.39, 0.29) is 42.7 Å². The van der Waals surface area contributed by atoms with Crippen molar-refractivity contribution < 1.29 is 38.2 Å². The molecule has 0 aromatic rings. The van der Waals surface area contributed by atoms with Crippen molar-refractivity contribution in [1.82, 2.24) is 0 Å². The van der Waals surface area contributed by atoms with Gasteiger partial charge in [0.05, 0.1) is 34.4 Å². The predicted octanol–water partition coefficient (Wildman–Crippen LogP) is 12.0. The van der Waals surface area contributed by atoms with E-state index in [0.717, 1.165) is 44.9 Å². The Kier molecular flexibility index (Phi) is 36.3. The fraction of sp³-hybridized carbons (Fsp3) is 0.766. The normalized spacial score (nSPS) is 13.4. The van der Waals surface area contributed by atoms with Crippen molar-refractivity contribution in [2.24, 2.45) is 0 Å². The number of quaternary nitrogens is 1. The van der Waals surface area contributed by atoms with E-state index in [4.69, 9.17) is 14.2 Å². The molecule has 0 aliphatic heterocycles. The SMILES string of the molecule is CC/C=C/C/C=C/C/C=C/CCCCCCCCCCCCCCCC(=O)OC(COCCC(C(=O)O)[N+](C)(C)C)COC(=O)CC/C=C/CCCCCC. The molecule has 0 amide bonds. The molecule has 0 rings (SSSR count). The van der Waals surface area contributed by atoms with Gasteiger partial charge in [-0.2, -0.15) is 0 Å². The molecule has 2 atom stereocenters. The van der Waals surface area contributed by atoms with Crippen molar-refractivity contribution in [3.05, 3.63) is 48.6 Å². The van der Waals surface area contributed by atoms with E-state index in [0.29, 0.717) is 19.3 Å². The van der Waals surface area contributed by atoms with Crippen molar-refractivity contribution in [3.8, 4) is 0 Å². The van der Waals surface area contributed by atoms with E-state index in [1.165, 1.54) is 96.3 Å². The van der Waals surface area contributed by atoms with E-state index in [9.17, 15) is 19.5 Å². The van der Waals surface area contributed by atoms with Gasteiger partial charge >= 0.3 is 17.9 Å². The first-order chi connectivity index (χ1) is 26.6. The monoisotopic (exact) mass is 775 g/mol. The van der Waals surface area contributed by atoms with Crippen LogP contribution in [0.25, 0.3) is 0 Å². The first kappa shape index (κ1) is 52.3. The summed E-state index contributed by atoms with van der Waals surface area (Å²) in [6, 6.07) is -0.618. The number of carboxylic acid groups (broad SMARTS) is 1. The molecule has 0 aromatic carbocycles. The highest BCUT2D eigenvalue weighted by Crippen LogP contribution is 2.15. The third-order valence-electron chi connectivity index (χ3n) is 9.73. The topological polar surface area (TPSA) is 99.1 Å². The number of hydrogen-bond donors (Lipinski definition) is 1. The Hall–Kier alpha value is -2.71. The van der Waals surface area contributed by atoms with Crippen LogP contribution in [0.2, 0.25) is 0 Å². The number of nitrogens with zero attached hydrogens (tertiary/aromatic N) is 1. The number of aliphatic carboxylic acids is 1. The largest absolute Gasteiger partial charge is 0.477 e. The number of rotatable bonds is 39. The molecule has 0 saturated carbocycles. The first-order valence-corrected chi connectivity index (χ1v) is 22.2. The molecule has 2 unspecified atom stereocenters. The van der Waals surface area contributed by atoms with Gasteiger partial charge in [0.15, 0.2) is 12.1 Å². The van der Waals surface area contributed by atoms with Gasteiger partial charge in [-0.1, -0.05) is 152 Å². The van der Waals surface area contributed by atoms with E-state index in [2.05, 4.69) is 56.4 Å². The zero-order chi connectivity index (χ0) is 40.7. The van der Waals surface area contributed by atoms with Crippen LogP contribution < -0.4 is 0 Å². The van der Waals surface area contributed by atoms with Crippen molar-refractivity contribution in [1.29, 1.82) is 0 Å². The van der Waals surface area contributed by atoms with Gasteiger partial charge in [0.25, 0.3) is 0 Å². The highest BCUT2D eigenvalue weighted by atomic mass is 16.6. The third kappa shape index (κ3) is 36.7. The smallest absolute Gasteiger partial charge is 0.362 e. The second kappa shape index (κ2) is 38.2. The summed E-state index contributed by atoms with van der Waals surface area (Å²) in [4.78, 5) is 36.8. The maximum atomic E-state index is 12.7. The Morgan fingerprint density at radius 1 is 0.564 bits per heavy atom. The lowest BCUT2D eigenvalue weighted by atomic mass is 10.0. The van der Waals surface area contributed by atoms with Crippen molar-refractivity contribution in [3.63, 3.8) is 0 Å². The Balaban J connectivity index is 4.18. The lowest BCUT2D eigenvalue weighted by Crippen LogP contribution is -2.50. The molecule has 0 fully saturated rings. The molecule has 0 radical (unpaired) electrons. The number of ether oxygens (including phenoxy) is 3. The quantitative estimate of drug-likeness (QED) is 0.0287. The first-order valence-electron chi connectivity index (χ1n) is 22.2. The van der Waals surface area contributed by atoms with E-state index >= 15 is 0 Å². The fourth-order valence-electron chi connectivity index (χ4n) is 6.30. The van der Waals surface area contributed by atoms with Crippen molar-refractivity contribution in [2.75, 3.05) is 41.0 Å². The van der Waals surface area contributed by atoms with Crippen LogP contribution in [0.5, 0.6) is 0 Å². The number of carboxylic acids is 1. The van der Waals surface area contributed by atoms with Gasteiger partial charge in [0, 0.05) is 19.3 Å². The Bertz CT molecular complexity index is 1040. The summed E-state index contributed by atoms with van der Waals surface area (Å²) in [5, 5.41) is 9.60. The molecule has 0 bridgehead atoms. The third-order valence-corrected chi connectivity index (χ3v) is 9.73. The number of hydrogen-bond acceptors (Lipinski definition) is 6. The second-order valence-electron chi connectivity index (χ2n) is 15.9. The molecule has 1 N–H and O–H groups in total. The van der Waals surface area contributed by atoms with Crippen LogP contribution in [0.1, 0.15) is 181 Å². The molecule has 318 valence electrons. The number of esters is 2. The van der Waals surface area contributed by atoms with Gasteiger partial charge in [0.1, 0.15) is 6.61 Å². The molecular formula is C47H84NO7+. The van der Waals surface area contributed by atoms with E-state index in [1.807, 2.05) is 27.2 Å². The van der Waals surface area contributed by atoms with Crippen molar-refractivity contribution >= 4 is 17.9 Å². The summed E-state index contributed by atoms with van der Waals surface area (Å²) in [5.74, 6) is -1.53. The van der Waals surface area contributed by atoms with Crippen LogP contribution in [0.15, 0.2) is 48.6 Å². The van der Waals surface area contributed by atoms with Crippen molar-refractivity contribution in [2.45, 2.75) is 193 Å². The Morgan fingerprint density at radius 3 is 1.60 bits per heavy atom. The van der Waals surface area contributed by atoms with Gasteiger partial charge in [-0.25, -0.2) is 4.79 Å². The second-order valence-corrected chi connectivity index (χ2v) is 15.9. The predicted molar refractivity (Wildman–Crippen MR) is 229 cm³/mol. The van der Waals surface area contributed by atoms with Gasteiger partial charge < -0.3 is 23.8 Å². The fourth-order valence-corrected chi connectivity index (χ4v) is 6.30. The maximum absolute atomic E-state index is 12.7. The molecule has 0 aliphatic rings. The molecule has 8 heteroatoms. The lowest BCUT2D eigenvalue weighted by molar-refractivity contribution is -0.887. The van der Waals surface area contributed by atoms with Crippen LogP contribution in [-0.4, -0.2) is 80.6 Å². The van der Waals surface area contributed by atoms with E-state index < -0.39 is 18.1 Å². The zero-order valence-corrected chi connectivity index (χ0v) is 36.1. The zero-order valence-electron chi connectivity index (χ0n) is 36.1. The molecule has 0 spiro atoms. The summed E-state index contributed by atoms with van der Waals surface area (Å²) >= 11 is 0. The number of allylic oxidation sites excluding steroid dienone is 8. The molecule has 55 heavy (non-hydrogen) atoms. The van der Waals surface area contributed by atoms with Crippen LogP contribution in [-0.2, 0) is 28.6 Å². The highest BCUT2D eigenvalue weighted by Gasteiger charge is 2.31. The summed E-state index contributed by atoms with van der Waals surface area (Å²) in [6.07, 6.45) is 44.7. The Labute approximate surface area is 337 Å². The average Bonchev–Trinajstić information content (AvgIpc) is 3.14. The molecule has 8 nitrogen and oxygen atoms in total. The highest BCUT2D eigenvalue weighted by molar-refractivity contribution is 5.72. The minimum atomic E-state index is -0.880. The van der Waals surface area contributed by atoms with Gasteiger partial charge in [-0.3, -0.25) is 9.59 Å². The molecule has 0 saturated heterocycles. The lowest BCUT2D eigenvalue weighted by Gasteiger charge is -2.31. The number of unbranched alkanes of at least 4 members (excludes halogenated alkanes) is 17. The summed E-state index contributed by atoms with van der Waals surface area (Å²) < 4.78 is 17.2. The van der Waals surface area contributed by atoms with Gasteiger partial charge in [-0.05, 0) is 57.8 Å². The summed E-state index contributed by atoms with van der Waals surface area (Å²) in [7, 11) is 5.51. The van der Waals surface area contributed by atoms with Gasteiger partial charge in [-0.15, -0.1) is 0 Å². The van der Waals surface area contributed by atoms with E-state index in [1.54, 1.807) is 0 Å². The molecule has 0 aliphatic carbocycles. The summed E-state index contributed by atoms with van der Waals surface area (Å²) in [5.41, 5.74) is 0. The van der Waals surface area contributed by atoms with Crippen LogP contribution in [0, 0.1) is 0 Å². The van der Waals surface area contributed by atoms with Crippen LogP contribution in [0.3, 0.4) is 0 Å². The molecule has 0 heterocycles. The summed E-state index contributed by atoms with van der Waals surface area (Å²) in [6.45, 7) is 4.54. The number of likely N-dealkylation sites (N-methyl/N-ethyl adjacent to an activating group) is 1.